The number of alkyl halides is 2. The monoisotopic (exact) mass is 537 g/mol. The maximum absolute atomic E-state index is 13.2. The van der Waals surface area contributed by atoms with Gasteiger partial charge in [0.25, 0.3) is 5.91 Å². The average Bonchev–Trinajstić information content (AvgIpc) is 3.53. The highest BCUT2D eigenvalue weighted by molar-refractivity contribution is 5.97. The van der Waals surface area contributed by atoms with E-state index >= 15 is 0 Å². The second-order valence-electron chi connectivity index (χ2n) is 9.20. The lowest BCUT2D eigenvalue weighted by Gasteiger charge is -2.18. The lowest BCUT2D eigenvalue weighted by atomic mass is 10.1. The summed E-state index contributed by atoms with van der Waals surface area (Å²) < 4.78 is 44.4. The lowest BCUT2D eigenvalue weighted by Crippen LogP contribution is -2.36. The van der Waals surface area contributed by atoms with Crippen LogP contribution in [0.3, 0.4) is 0 Å². The molecule has 1 unspecified atom stereocenters. The molecule has 0 aliphatic rings. The summed E-state index contributed by atoms with van der Waals surface area (Å²) in [5.74, 6) is -2.13. The Bertz CT molecular complexity index is 1610. The Morgan fingerprint density at radius 2 is 1.95 bits per heavy atom. The fourth-order valence-corrected chi connectivity index (χ4v) is 4.13. The molecule has 1 amide bonds. The van der Waals surface area contributed by atoms with Crippen molar-refractivity contribution in [1.29, 1.82) is 0 Å². The van der Waals surface area contributed by atoms with Crippen LogP contribution in [0.25, 0.3) is 27.9 Å². The number of rotatable bonds is 10. The van der Waals surface area contributed by atoms with Crippen LogP contribution in [0.15, 0.2) is 53.2 Å². The maximum atomic E-state index is 13.2. The first-order chi connectivity index (χ1) is 18.7. The van der Waals surface area contributed by atoms with Gasteiger partial charge in [0.15, 0.2) is 17.1 Å². The number of aromatic nitrogens is 6. The van der Waals surface area contributed by atoms with Gasteiger partial charge in [-0.15, -0.1) is 15.3 Å². The molecule has 0 spiro atoms. The summed E-state index contributed by atoms with van der Waals surface area (Å²) in [5, 5.41) is 21.3. The van der Waals surface area contributed by atoms with E-state index in [9.17, 15) is 13.6 Å². The minimum absolute atomic E-state index is 0.0578. The van der Waals surface area contributed by atoms with Gasteiger partial charge in [-0.3, -0.25) is 9.78 Å². The molecule has 5 aromatic rings. The minimum atomic E-state index is -2.87. The number of nitrogens with zero attached hydrogens (tertiary/aromatic N) is 6. The van der Waals surface area contributed by atoms with Gasteiger partial charge in [-0.25, -0.2) is 8.78 Å². The van der Waals surface area contributed by atoms with Crippen LogP contribution in [-0.2, 0) is 18.0 Å². The quantitative estimate of drug-likeness (QED) is 0.278. The molecule has 1 atom stereocenters. The van der Waals surface area contributed by atoms with Gasteiger partial charge in [0, 0.05) is 42.6 Å². The zero-order chi connectivity index (χ0) is 27.6. The van der Waals surface area contributed by atoms with E-state index in [1.165, 1.54) is 17.6 Å². The molecule has 0 aliphatic heterocycles. The summed E-state index contributed by atoms with van der Waals surface area (Å²) >= 11 is 0. The molecule has 13 heteroatoms. The highest BCUT2D eigenvalue weighted by atomic mass is 19.3. The van der Waals surface area contributed by atoms with Gasteiger partial charge in [-0.2, -0.15) is 4.52 Å². The number of ether oxygens (including phenoxy) is 2. The Balaban J connectivity index is 1.36. The van der Waals surface area contributed by atoms with Crippen LogP contribution in [0, 0.1) is 0 Å². The molecule has 0 bridgehead atoms. The molecule has 0 saturated carbocycles. The van der Waals surface area contributed by atoms with Crippen LogP contribution in [0.4, 0.5) is 8.78 Å². The Morgan fingerprint density at radius 3 is 2.67 bits per heavy atom. The summed E-state index contributed by atoms with van der Waals surface area (Å²) in [5.41, 5.74) is 1.75. The second kappa shape index (κ2) is 10.7. The molecule has 5 rings (SSSR count). The molecule has 202 valence electrons. The van der Waals surface area contributed by atoms with Gasteiger partial charge in [0.05, 0.1) is 11.3 Å². The van der Waals surface area contributed by atoms with Crippen molar-refractivity contribution < 1.29 is 27.6 Å². The number of hydrogen-bond acceptors (Lipinski definition) is 9. The van der Waals surface area contributed by atoms with Crippen molar-refractivity contribution in [2.24, 2.45) is 0 Å². The van der Waals surface area contributed by atoms with Crippen LogP contribution in [0.5, 0.6) is 5.88 Å². The number of halogens is 2. The van der Waals surface area contributed by atoms with E-state index in [1.54, 1.807) is 25.3 Å². The molecular weight excluding hydrogens is 512 g/mol. The van der Waals surface area contributed by atoms with E-state index in [2.05, 4.69) is 30.8 Å². The lowest BCUT2D eigenvalue weighted by molar-refractivity contribution is 0.00497. The molecule has 39 heavy (non-hydrogen) atoms. The molecule has 1 N–H and O–H groups in total. The molecule has 0 aliphatic carbocycles. The Kier molecular flexibility index (Phi) is 7.15. The van der Waals surface area contributed by atoms with Crippen molar-refractivity contribution >= 4 is 22.3 Å². The smallest absolute Gasteiger partial charge is 0.253 e. The van der Waals surface area contributed by atoms with Gasteiger partial charge in [-0.1, -0.05) is 23.4 Å². The molecule has 11 nitrogen and oxygen atoms in total. The van der Waals surface area contributed by atoms with E-state index < -0.39 is 24.3 Å². The highest BCUT2D eigenvalue weighted by Gasteiger charge is 2.25. The standard InChI is InChI=1S/C26H25F2N7O4/c1-15(11-26(2,27)28)30-24(36)16-8-9-17(29-12-16)13-38-25-20-7-5-4-6-19(20)22-31-32-23(35(22)33-25)21-10-18(14-37-3)39-34-21/h4-10,12,15H,11,13-14H2,1-3H3,(H,30,36). The predicted octanol–water partition coefficient (Wildman–Crippen LogP) is 4.22. The first-order valence-electron chi connectivity index (χ1n) is 12.1. The molecule has 4 aromatic heterocycles. The summed E-state index contributed by atoms with van der Waals surface area (Å²) in [4.78, 5) is 16.7. The summed E-state index contributed by atoms with van der Waals surface area (Å²) in [6.45, 7) is 2.67. The van der Waals surface area contributed by atoms with E-state index in [4.69, 9.17) is 14.0 Å². The third-order valence-electron chi connectivity index (χ3n) is 5.79. The fourth-order valence-electron chi connectivity index (χ4n) is 4.13. The number of hydrogen-bond donors (Lipinski definition) is 1. The first-order valence-corrected chi connectivity index (χ1v) is 12.1. The Morgan fingerprint density at radius 1 is 1.15 bits per heavy atom. The van der Waals surface area contributed by atoms with Gasteiger partial charge in [0.2, 0.25) is 17.6 Å². The Labute approximate surface area is 221 Å². The SMILES string of the molecule is COCc1cc(-c2nnc3c4ccccc4c(OCc4ccc(C(=O)NC(C)CC(C)(F)F)cn4)nn23)no1. The zero-order valence-corrected chi connectivity index (χ0v) is 21.4. The third-order valence-corrected chi connectivity index (χ3v) is 5.79. The summed E-state index contributed by atoms with van der Waals surface area (Å²) in [6, 6.07) is 11.7. The molecule has 1 aromatic carbocycles. The second-order valence-corrected chi connectivity index (χ2v) is 9.20. The predicted molar refractivity (Wildman–Crippen MR) is 135 cm³/mol. The van der Waals surface area contributed by atoms with Crippen molar-refractivity contribution in [3.63, 3.8) is 0 Å². The normalized spacial score (nSPS) is 12.6. The van der Waals surface area contributed by atoms with Crippen molar-refractivity contribution in [2.45, 2.75) is 45.4 Å². The maximum Gasteiger partial charge on any atom is 0.253 e. The molecule has 0 radical (unpaired) electrons. The van der Waals surface area contributed by atoms with E-state index in [1.807, 2.05) is 24.3 Å². The minimum Gasteiger partial charge on any atom is -0.470 e. The van der Waals surface area contributed by atoms with Crippen LogP contribution < -0.4 is 10.1 Å². The van der Waals surface area contributed by atoms with E-state index in [-0.39, 0.29) is 18.8 Å². The largest absolute Gasteiger partial charge is 0.470 e. The number of benzene rings is 1. The van der Waals surface area contributed by atoms with Crippen LogP contribution in [0.1, 0.15) is 42.1 Å². The fraction of sp³-hybridized carbons (Fsp3) is 0.308. The van der Waals surface area contributed by atoms with Crippen molar-refractivity contribution in [3.8, 4) is 17.4 Å². The highest BCUT2D eigenvalue weighted by Crippen LogP contribution is 2.29. The molecular formula is C26H25F2N7O4. The average molecular weight is 538 g/mol. The number of methoxy groups -OCH3 is 1. The zero-order valence-electron chi connectivity index (χ0n) is 21.4. The van der Waals surface area contributed by atoms with Gasteiger partial charge >= 0.3 is 0 Å². The number of amides is 1. The number of carbonyl (C=O) groups excluding carboxylic acids is 1. The topological polar surface area (TPSA) is 130 Å². The van der Waals surface area contributed by atoms with Crippen molar-refractivity contribution in [2.75, 3.05) is 7.11 Å². The molecule has 0 saturated heterocycles. The number of carbonyl (C=O) groups is 1. The number of nitrogens with one attached hydrogen (secondary N) is 1. The van der Waals surface area contributed by atoms with E-state index in [0.29, 0.717) is 34.5 Å². The van der Waals surface area contributed by atoms with Crippen LogP contribution >= 0.6 is 0 Å². The van der Waals surface area contributed by atoms with Crippen molar-refractivity contribution in [3.05, 3.63) is 65.7 Å². The molecule has 4 heterocycles. The van der Waals surface area contributed by atoms with Gasteiger partial charge in [-0.05, 0) is 32.0 Å². The summed E-state index contributed by atoms with van der Waals surface area (Å²) in [6.07, 6.45) is 0.919. The Hall–Kier alpha value is -4.52. The number of fused-ring (bicyclic) bond motifs is 3. The van der Waals surface area contributed by atoms with Gasteiger partial charge < -0.3 is 19.3 Å². The number of pyridine rings is 1. The third kappa shape index (κ3) is 5.82. The van der Waals surface area contributed by atoms with Gasteiger partial charge in [0.1, 0.15) is 13.2 Å². The van der Waals surface area contributed by atoms with E-state index in [0.717, 1.165) is 17.7 Å². The molecule has 0 fully saturated rings. The summed E-state index contributed by atoms with van der Waals surface area (Å²) in [7, 11) is 1.56. The van der Waals surface area contributed by atoms with Crippen LogP contribution in [0.2, 0.25) is 0 Å². The van der Waals surface area contributed by atoms with Crippen LogP contribution in [-0.4, -0.2) is 54.9 Å². The van der Waals surface area contributed by atoms with Crippen molar-refractivity contribution in [1.82, 2.24) is 35.3 Å². The first kappa shape index (κ1) is 26.1.